The van der Waals surface area contributed by atoms with Crippen molar-refractivity contribution in [2.24, 2.45) is 22.2 Å². The molecule has 2 aromatic carbocycles. The lowest BCUT2D eigenvalue weighted by atomic mass is 9.91. The van der Waals surface area contributed by atoms with E-state index in [4.69, 9.17) is 41.3 Å². The van der Waals surface area contributed by atoms with E-state index in [9.17, 15) is 14.7 Å². The Labute approximate surface area is 220 Å². The van der Waals surface area contributed by atoms with Crippen LogP contribution < -0.4 is 36.1 Å². The van der Waals surface area contributed by atoms with Gasteiger partial charge in [-0.2, -0.15) is 0 Å². The van der Waals surface area contributed by atoms with Gasteiger partial charge in [0.2, 0.25) is 0 Å². The molecule has 210 valence electrons. The molecule has 0 spiro atoms. The Bertz CT molecular complexity index is 1140. The van der Waals surface area contributed by atoms with Crippen LogP contribution in [-0.4, -0.2) is 67.5 Å². The molecule has 0 saturated carbocycles. The van der Waals surface area contributed by atoms with Gasteiger partial charge in [0.15, 0.2) is 29.0 Å². The third-order valence-corrected chi connectivity index (χ3v) is 5.76. The van der Waals surface area contributed by atoms with Gasteiger partial charge in [-0.15, -0.1) is 0 Å². The number of nitrogens with two attached hydrogens (primary N) is 3. The maximum Gasteiger partial charge on any atom is 0.335 e. The second kappa shape index (κ2) is 14.5. The lowest BCUT2D eigenvalue weighted by Gasteiger charge is -2.18. The fourth-order valence-electron chi connectivity index (χ4n) is 3.78. The van der Waals surface area contributed by atoms with Gasteiger partial charge in [-0.3, -0.25) is 9.79 Å². The molecule has 0 unspecified atom stereocenters. The molecule has 0 aliphatic carbocycles. The Morgan fingerprint density at radius 2 is 1.66 bits per heavy atom. The smallest absolute Gasteiger partial charge is 0.335 e. The van der Waals surface area contributed by atoms with E-state index >= 15 is 0 Å². The molecule has 0 saturated heterocycles. The van der Waals surface area contributed by atoms with Crippen molar-refractivity contribution >= 4 is 17.9 Å². The standard InChI is InChI=1S/C19H20O6.C6H14N4O2.H2O/c1-10-13-7-12(19(20)21)9-16(24-4)18(13)25-17(10)11-5-6-14(22-2)15(8-11)23-3;7-4(5(11)12)2-1-3-10-6(8)9;/h5-10,17H,1-4H3,(H,20,21);4H,1-3,7H2,(H,11,12)(H4,8,9,10);1H2/t10-,17-;4-;/m00./s1. The molecule has 13 nitrogen and oxygen atoms in total. The summed E-state index contributed by atoms with van der Waals surface area (Å²) in [4.78, 5) is 25.3. The van der Waals surface area contributed by atoms with E-state index in [1.54, 1.807) is 20.3 Å². The third-order valence-electron chi connectivity index (χ3n) is 5.76. The zero-order valence-electron chi connectivity index (χ0n) is 21.8. The number of guanidine groups is 1. The Hall–Kier alpha value is -4.23. The summed E-state index contributed by atoms with van der Waals surface area (Å²) in [5, 5.41) is 17.7. The third kappa shape index (κ3) is 7.88. The number of benzene rings is 2. The Kier molecular flexibility index (Phi) is 12.1. The van der Waals surface area contributed by atoms with Crippen LogP contribution in [0.4, 0.5) is 0 Å². The van der Waals surface area contributed by atoms with Crippen LogP contribution in [0.5, 0.6) is 23.0 Å². The summed E-state index contributed by atoms with van der Waals surface area (Å²) >= 11 is 0. The van der Waals surface area contributed by atoms with E-state index < -0.39 is 18.0 Å². The number of ether oxygens (including phenoxy) is 4. The average molecular weight is 537 g/mol. The molecule has 0 radical (unpaired) electrons. The van der Waals surface area contributed by atoms with E-state index in [0.29, 0.717) is 42.4 Å². The molecule has 10 N–H and O–H groups in total. The number of methoxy groups -OCH3 is 3. The molecule has 0 bridgehead atoms. The summed E-state index contributed by atoms with van der Waals surface area (Å²) in [5.41, 5.74) is 17.2. The molecule has 0 aromatic heterocycles. The van der Waals surface area contributed by atoms with Crippen molar-refractivity contribution in [2.45, 2.75) is 37.8 Å². The van der Waals surface area contributed by atoms with Crippen molar-refractivity contribution < 1.29 is 44.2 Å². The van der Waals surface area contributed by atoms with Crippen molar-refractivity contribution in [3.8, 4) is 23.0 Å². The summed E-state index contributed by atoms with van der Waals surface area (Å²) in [5.74, 6) is 0.234. The van der Waals surface area contributed by atoms with Gasteiger partial charge in [-0.05, 0) is 42.7 Å². The average Bonchev–Trinajstić information content (AvgIpc) is 3.21. The van der Waals surface area contributed by atoms with Crippen LogP contribution in [0, 0.1) is 0 Å². The molecule has 1 heterocycles. The highest BCUT2D eigenvalue weighted by Crippen LogP contribution is 2.51. The predicted octanol–water partition coefficient (Wildman–Crippen LogP) is 1.28. The first kappa shape index (κ1) is 31.8. The number of aliphatic carboxylic acids is 1. The number of aliphatic imine (C=N–C) groups is 1. The lowest BCUT2D eigenvalue weighted by Crippen LogP contribution is -2.30. The first-order valence-electron chi connectivity index (χ1n) is 11.4. The van der Waals surface area contributed by atoms with Gasteiger partial charge in [-0.25, -0.2) is 4.79 Å². The van der Waals surface area contributed by atoms with Crippen LogP contribution in [0.2, 0.25) is 0 Å². The second-order valence-corrected chi connectivity index (χ2v) is 8.24. The Balaban J connectivity index is 0.000000475. The summed E-state index contributed by atoms with van der Waals surface area (Å²) < 4.78 is 22.1. The number of hydrogen-bond acceptors (Lipinski definition) is 8. The monoisotopic (exact) mass is 536 g/mol. The van der Waals surface area contributed by atoms with Gasteiger partial charge in [0, 0.05) is 18.0 Å². The summed E-state index contributed by atoms with van der Waals surface area (Å²) in [6.07, 6.45) is 0.685. The van der Waals surface area contributed by atoms with Crippen molar-refractivity contribution in [2.75, 3.05) is 27.9 Å². The SMILES string of the molecule is COc1ccc([C@H]2Oc3c(OC)cc(C(=O)O)cc3[C@@H]2C)cc1OC.NC(N)=NCCC[C@H](N)C(=O)O.O. The summed E-state index contributed by atoms with van der Waals surface area (Å²) in [7, 11) is 4.66. The molecule has 13 heteroatoms. The molecular formula is C25H36N4O9. The van der Waals surface area contributed by atoms with Gasteiger partial charge in [0.05, 0.1) is 26.9 Å². The van der Waals surface area contributed by atoms with E-state index in [1.165, 1.54) is 13.2 Å². The van der Waals surface area contributed by atoms with Gasteiger partial charge in [0.1, 0.15) is 12.1 Å². The van der Waals surface area contributed by atoms with E-state index in [-0.39, 0.29) is 29.0 Å². The fraction of sp³-hybridized carbons (Fsp3) is 0.400. The van der Waals surface area contributed by atoms with E-state index in [1.807, 2.05) is 25.1 Å². The fourth-order valence-corrected chi connectivity index (χ4v) is 3.78. The molecule has 3 atom stereocenters. The van der Waals surface area contributed by atoms with Crippen LogP contribution in [0.25, 0.3) is 0 Å². The summed E-state index contributed by atoms with van der Waals surface area (Å²) in [6, 6.07) is 7.92. The topological polar surface area (TPSA) is 233 Å². The first-order valence-corrected chi connectivity index (χ1v) is 11.4. The maximum atomic E-state index is 11.4. The van der Waals surface area contributed by atoms with Crippen molar-refractivity contribution in [3.05, 3.63) is 47.0 Å². The molecule has 1 aliphatic rings. The van der Waals surface area contributed by atoms with Gasteiger partial charge < -0.3 is 51.8 Å². The highest BCUT2D eigenvalue weighted by molar-refractivity contribution is 5.89. The Morgan fingerprint density at radius 3 is 2.18 bits per heavy atom. The minimum atomic E-state index is -1.00. The molecule has 38 heavy (non-hydrogen) atoms. The minimum absolute atomic E-state index is 0. The molecular weight excluding hydrogens is 500 g/mol. The van der Waals surface area contributed by atoms with E-state index in [2.05, 4.69) is 4.99 Å². The number of hydrogen-bond donors (Lipinski definition) is 5. The van der Waals surface area contributed by atoms with Crippen LogP contribution in [-0.2, 0) is 4.79 Å². The molecule has 1 aliphatic heterocycles. The molecule has 0 fully saturated rings. The highest BCUT2D eigenvalue weighted by atomic mass is 16.5. The van der Waals surface area contributed by atoms with Gasteiger partial charge >= 0.3 is 11.9 Å². The van der Waals surface area contributed by atoms with Crippen molar-refractivity contribution in [1.82, 2.24) is 0 Å². The minimum Gasteiger partial charge on any atom is -0.493 e. The number of nitrogens with zero attached hydrogens (tertiary/aromatic N) is 1. The number of aromatic carboxylic acids is 1. The van der Waals surface area contributed by atoms with Crippen LogP contribution in [0.1, 0.15) is 53.3 Å². The van der Waals surface area contributed by atoms with Gasteiger partial charge in [0.25, 0.3) is 0 Å². The number of carbonyl (C=O) groups is 2. The van der Waals surface area contributed by atoms with Crippen LogP contribution >= 0.6 is 0 Å². The van der Waals surface area contributed by atoms with E-state index in [0.717, 1.165) is 11.1 Å². The Morgan fingerprint density at radius 1 is 1.03 bits per heavy atom. The largest absolute Gasteiger partial charge is 0.493 e. The van der Waals surface area contributed by atoms with Gasteiger partial charge in [-0.1, -0.05) is 13.0 Å². The quantitative estimate of drug-likeness (QED) is 0.165. The zero-order chi connectivity index (χ0) is 27.7. The van der Waals surface area contributed by atoms with Crippen molar-refractivity contribution in [1.29, 1.82) is 0 Å². The zero-order valence-corrected chi connectivity index (χ0v) is 21.8. The molecule has 3 rings (SSSR count). The first-order chi connectivity index (χ1) is 17.5. The second-order valence-electron chi connectivity index (χ2n) is 8.24. The summed E-state index contributed by atoms with van der Waals surface area (Å²) in [6.45, 7) is 2.42. The number of carboxylic acid groups (broad SMARTS) is 2. The highest BCUT2D eigenvalue weighted by Gasteiger charge is 2.36. The lowest BCUT2D eigenvalue weighted by molar-refractivity contribution is -0.138. The van der Waals surface area contributed by atoms with Crippen LogP contribution in [0.15, 0.2) is 35.3 Å². The maximum absolute atomic E-state index is 11.4. The molecule has 2 aromatic rings. The number of carboxylic acids is 2. The normalized spacial score (nSPS) is 15.8. The number of rotatable bonds is 10. The van der Waals surface area contributed by atoms with Crippen LogP contribution in [0.3, 0.4) is 0 Å². The predicted molar refractivity (Wildman–Crippen MR) is 140 cm³/mol. The molecule has 0 amide bonds. The van der Waals surface area contributed by atoms with Crippen molar-refractivity contribution in [3.63, 3.8) is 0 Å². The number of fused-ring (bicyclic) bond motifs is 1.